The van der Waals surface area contributed by atoms with Crippen LogP contribution in [0.2, 0.25) is 0 Å². The summed E-state index contributed by atoms with van der Waals surface area (Å²) in [6.07, 6.45) is 1.11. The molecule has 0 saturated carbocycles. The van der Waals surface area contributed by atoms with Crippen LogP contribution in [0.1, 0.15) is 61.8 Å². The Balaban J connectivity index is 2.13. The molecule has 0 radical (unpaired) electrons. The van der Waals surface area contributed by atoms with Crippen LogP contribution < -0.4 is 0 Å². The van der Waals surface area contributed by atoms with Gasteiger partial charge in [-0.3, -0.25) is 0 Å². The van der Waals surface area contributed by atoms with Gasteiger partial charge in [0, 0.05) is 0 Å². The molecule has 0 atom stereocenters. The molecule has 2 aromatic carbocycles. The first-order valence-corrected chi connectivity index (χ1v) is 7.33. The molecule has 98 valence electrons. The summed E-state index contributed by atoms with van der Waals surface area (Å²) in [5.41, 5.74) is 8.93. The lowest BCUT2D eigenvalue weighted by molar-refractivity contribution is 0.850. The molecule has 1 aliphatic rings. The Morgan fingerprint density at radius 3 is 2.32 bits per heavy atom. The largest absolute Gasteiger partial charge is 0.0613 e. The zero-order valence-electron chi connectivity index (χ0n) is 12.3. The van der Waals surface area contributed by atoms with Crippen LogP contribution in [-0.4, -0.2) is 0 Å². The highest BCUT2D eigenvalue weighted by Gasteiger charge is 2.22. The van der Waals surface area contributed by atoms with Crippen molar-refractivity contribution in [2.75, 3.05) is 0 Å². The normalized spacial score (nSPS) is 12.9. The van der Waals surface area contributed by atoms with Gasteiger partial charge in [-0.15, -0.1) is 0 Å². The molecule has 0 heteroatoms. The Kier molecular flexibility index (Phi) is 2.97. The van der Waals surface area contributed by atoms with Crippen LogP contribution >= 0.6 is 0 Å². The molecule has 1 aliphatic carbocycles. The number of hydrogen-bond acceptors (Lipinski definition) is 0. The van der Waals surface area contributed by atoms with Crippen LogP contribution in [0.25, 0.3) is 11.1 Å². The highest BCUT2D eigenvalue weighted by Crippen LogP contribution is 2.41. The fourth-order valence-electron chi connectivity index (χ4n) is 3.17. The molecule has 0 unspecified atom stereocenters. The van der Waals surface area contributed by atoms with E-state index >= 15 is 0 Å². The van der Waals surface area contributed by atoms with Gasteiger partial charge < -0.3 is 0 Å². The maximum absolute atomic E-state index is 2.41. The molecule has 2 aromatic rings. The molecule has 0 spiro atoms. The van der Waals surface area contributed by atoms with Gasteiger partial charge in [-0.25, -0.2) is 0 Å². The van der Waals surface area contributed by atoms with Crippen molar-refractivity contribution in [2.24, 2.45) is 0 Å². The van der Waals surface area contributed by atoms with E-state index in [0.29, 0.717) is 11.8 Å². The van der Waals surface area contributed by atoms with E-state index in [1.54, 1.807) is 5.56 Å². The highest BCUT2D eigenvalue weighted by molar-refractivity contribution is 5.78. The van der Waals surface area contributed by atoms with E-state index in [2.05, 4.69) is 64.1 Å². The van der Waals surface area contributed by atoms with Crippen LogP contribution in [-0.2, 0) is 6.42 Å². The van der Waals surface area contributed by atoms with Crippen molar-refractivity contribution < 1.29 is 0 Å². The van der Waals surface area contributed by atoms with E-state index < -0.39 is 0 Å². The second-order valence-electron chi connectivity index (χ2n) is 6.28. The summed E-state index contributed by atoms with van der Waals surface area (Å²) in [4.78, 5) is 0. The summed E-state index contributed by atoms with van der Waals surface area (Å²) in [6.45, 7) is 9.11. The van der Waals surface area contributed by atoms with Gasteiger partial charge in [0.05, 0.1) is 0 Å². The number of rotatable bonds is 2. The second kappa shape index (κ2) is 4.52. The molecule has 0 aromatic heterocycles. The minimum absolute atomic E-state index is 0.605. The van der Waals surface area contributed by atoms with Crippen molar-refractivity contribution in [1.29, 1.82) is 0 Å². The van der Waals surface area contributed by atoms with Gasteiger partial charge in [0.25, 0.3) is 0 Å². The van der Waals surface area contributed by atoms with Crippen molar-refractivity contribution in [1.82, 2.24) is 0 Å². The molecule has 0 heterocycles. The highest BCUT2D eigenvalue weighted by atomic mass is 14.3. The molecular formula is C19H22. The van der Waals surface area contributed by atoms with E-state index in [1.165, 1.54) is 27.8 Å². The van der Waals surface area contributed by atoms with Crippen molar-refractivity contribution in [3.8, 4) is 11.1 Å². The van der Waals surface area contributed by atoms with Crippen LogP contribution in [0.5, 0.6) is 0 Å². The average molecular weight is 250 g/mol. The monoisotopic (exact) mass is 250 g/mol. The quantitative estimate of drug-likeness (QED) is 0.563. The second-order valence-corrected chi connectivity index (χ2v) is 6.28. The van der Waals surface area contributed by atoms with Gasteiger partial charge in [-0.2, -0.15) is 0 Å². The van der Waals surface area contributed by atoms with Crippen molar-refractivity contribution in [3.63, 3.8) is 0 Å². The molecule has 0 fully saturated rings. The Morgan fingerprint density at radius 2 is 1.63 bits per heavy atom. The summed E-state index contributed by atoms with van der Waals surface area (Å²) < 4.78 is 0. The lowest BCUT2D eigenvalue weighted by Gasteiger charge is -2.11. The first-order valence-electron chi connectivity index (χ1n) is 7.33. The van der Waals surface area contributed by atoms with Gasteiger partial charge >= 0.3 is 0 Å². The SMILES string of the molecule is CC(C)c1ccc2c(c1)Cc1c-2cccc1C(C)C. The van der Waals surface area contributed by atoms with E-state index in [0.717, 1.165) is 6.42 Å². The Labute approximate surface area is 116 Å². The molecule has 0 amide bonds. The predicted octanol–water partition coefficient (Wildman–Crippen LogP) is 5.50. The third kappa shape index (κ3) is 2.00. The topological polar surface area (TPSA) is 0 Å². The summed E-state index contributed by atoms with van der Waals surface area (Å²) in [6, 6.07) is 13.8. The zero-order chi connectivity index (χ0) is 13.6. The molecule has 0 bridgehead atoms. The third-order valence-electron chi connectivity index (χ3n) is 4.29. The summed E-state index contributed by atoms with van der Waals surface area (Å²) in [7, 11) is 0. The fourth-order valence-corrected chi connectivity index (χ4v) is 3.17. The van der Waals surface area contributed by atoms with E-state index in [-0.39, 0.29) is 0 Å². The van der Waals surface area contributed by atoms with Crippen LogP contribution in [0, 0.1) is 0 Å². The molecule has 3 rings (SSSR count). The predicted molar refractivity (Wildman–Crippen MR) is 82.9 cm³/mol. The smallest absolute Gasteiger partial charge is 0.00105 e. The molecule has 0 N–H and O–H groups in total. The lowest BCUT2D eigenvalue weighted by atomic mass is 9.94. The van der Waals surface area contributed by atoms with E-state index in [4.69, 9.17) is 0 Å². The van der Waals surface area contributed by atoms with Gasteiger partial charge in [0.15, 0.2) is 0 Å². The number of benzene rings is 2. The summed E-state index contributed by atoms with van der Waals surface area (Å²) >= 11 is 0. The van der Waals surface area contributed by atoms with Gasteiger partial charge in [0.1, 0.15) is 0 Å². The van der Waals surface area contributed by atoms with Crippen molar-refractivity contribution in [2.45, 2.75) is 46.0 Å². The first-order chi connectivity index (χ1) is 9.08. The Morgan fingerprint density at radius 1 is 0.842 bits per heavy atom. The van der Waals surface area contributed by atoms with Gasteiger partial charge in [0.2, 0.25) is 0 Å². The molecule has 0 aliphatic heterocycles. The minimum atomic E-state index is 0.605. The Bertz CT molecular complexity index is 618. The van der Waals surface area contributed by atoms with E-state index in [1.807, 2.05) is 0 Å². The van der Waals surface area contributed by atoms with Gasteiger partial charge in [-0.05, 0) is 51.6 Å². The maximum atomic E-state index is 2.41. The third-order valence-corrected chi connectivity index (χ3v) is 4.29. The molecule has 0 nitrogen and oxygen atoms in total. The number of fused-ring (bicyclic) bond motifs is 3. The summed E-state index contributed by atoms with van der Waals surface area (Å²) in [5.74, 6) is 1.22. The maximum Gasteiger partial charge on any atom is -0.00105 e. The number of hydrogen-bond donors (Lipinski definition) is 0. The first kappa shape index (κ1) is 12.5. The standard InChI is InChI=1S/C19H22/c1-12(2)14-8-9-17-15(10-14)11-19-16(13(3)4)6-5-7-18(17)19/h5-10,12-13H,11H2,1-4H3. The molecular weight excluding hydrogens is 228 g/mol. The fraction of sp³-hybridized carbons (Fsp3) is 0.368. The van der Waals surface area contributed by atoms with Crippen molar-refractivity contribution in [3.05, 3.63) is 58.7 Å². The van der Waals surface area contributed by atoms with Crippen LogP contribution in [0.15, 0.2) is 36.4 Å². The lowest BCUT2D eigenvalue weighted by Crippen LogP contribution is -1.94. The average Bonchev–Trinajstić information content (AvgIpc) is 2.75. The molecule has 19 heavy (non-hydrogen) atoms. The Hall–Kier alpha value is -1.56. The van der Waals surface area contributed by atoms with Crippen LogP contribution in [0.4, 0.5) is 0 Å². The molecule has 0 saturated heterocycles. The van der Waals surface area contributed by atoms with E-state index in [9.17, 15) is 0 Å². The van der Waals surface area contributed by atoms with Crippen LogP contribution in [0.3, 0.4) is 0 Å². The van der Waals surface area contributed by atoms with Crippen molar-refractivity contribution >= 4 is 0 Å². The zero-order valence-corrected chi connectivity index (χ0v) is 12.3. The minimum Gasteiger partial charge on any atom is -0.0613 e. The van der Waals surface area contributed by atoms with Gasteiger partial charge in [-0.1, -0.05) is 64.1 Å². The summed E-state index contributed by atoms with van der Waals surface area (Å²) in [5, 5.41) is 0.